The Morgan fingerprint density at radius 2 is 2.17 bits per heavy atom. The van der Waals surface area contributed by atoms with Crippen LogP contribution < -0.4 is 5.32 Å². The van der Waals surface area contributed by atoms with E-state index in [2.05, 4.69) is 10.3 Å². The summed E-state index contributed by atoms with van der Waals surface area (Å²) < 4.78 is 0. The molecule has 1 unspecified atom stereocenters. The lowest BCUT2D eigenvalue weighted by molar-refractivity contribution is -0.120. The topological polar surface area (TPSA) is 42.0 Å². The quantitative estimate of drug-likeness (QED) is 0.900. The minimum absolute atomic E-state index is 0.0816. The lowest BCUT2D eigenvalue weighted by Gasteiger charge is -2.20. The summed E-state index contributed by atoms with van der Waals surface area (Å²) in [6, 6.07) is 9.63. The highest BCUT2D eigenvalue weighted by Crippen LogP contribution is 2.28. The summed E-state index contributed by atoms with van der Waals surface area (Å²) in [5.41, 5.74) is 3.93. The fraction of sp³-hybridized carbons (Fsp3) is 0.286. The van der Waals surface area contributed by atoms with Crippen molar-refractivity contribution in [2.75, 3.05) is 5.32 Å². The number of aryl methyl sites for hydroxylation is 1. The normalized spacial score (nSPS) is 18.1. The maximum Gasteiger partial charge on any atom is 0.227 e. The number of hydrogen-bond donors (Lipinski definition) is 1. The van der Waals surface area contributed by atoms with Gasteiger partial charge in [-0.25, -0.2) is 4.98 Å². The van der Waals surface area contributed by atoms with Crippen molar-refractivity contribution in [3.8, 4) is 0 Å². The number of nitrogens with zero attached hydrogens (tertiary/aromatic N) is 1. The molecule has 1 N–H and O–H groups in total. The number of aromatic nitrogens is 1. The van der Waals surface area contributed by atoms with Crippen LogP contribution in [0.1, 0.15) is 17.0 Å². The van der Waals surface area contributed by atoms with Crippen molar-refractivity contribution in [1.29, 1.82) is 0 Å². The van der Waals surface area contributed by atoms with Crippen LogP contribution in [0.15, 0.2) is 35.8 Å². The van der Waals surface area contributed by atoms with E-state index in [9.17, 15) is 4.79 Å². The van der Waals surface area contributed by atoms with Crippen molar-refractivity contribution < 1.29 is 4.79 Å². The summed E-state index contributed by atoms with van der Waals surface area (Å²) in [6.45, 7) is 0. The fourth-order valence-electron chi connectivity index (χ4n) is 2.29. The van der Waals surface area contributed by atoms with Crippen LogP contribution in [-0.4, -0.2) is 10.9 Å². The number of rotatable bonds is 2. The molecule has 1 aliphatic carbocycles. The second-order valence-electron chi connectivity index (χ2n) is 4.52. The molecule has 1 atom stereocenters. The Balaban J connectivity index is 1.68. The van der Waals surface area contributed by atoms with Gasteiger partial charge in [-0.3, -0.25) is 4.79 Å². The number of anilines is 1. The van der Waals surface area contributed by atoms with Crippen LogP contribution in [0, 0.1) is 5.92 Å². The summed E-state index contributed by atoms with van der Waals surface area (Å²) in [6.07, 6.45) is 2.65. The standard InChI is InChI=1S/C14H14N2OS/c17-14(16-11-4-2-1-3-5-11)10-6-7-12-13(8-10)18-9-15-12/h1-5,9-10H,6-8H2,(H,16,17). The van der Waals surface area contributed by atoms with Crippen LogP contribution in [0.25, 0.3) is 0 Å². The average Bonchev–Trinajstić information content (AvgIpc) is 2.87. The Labute approximate surface area is 110 Å². The van der Waals surface area contributed by atoms with Crippen LogP contribution in [0.5, 0.6) is 0 Å². The fourth-order valence-corrected chi connectivity index (χ4v) is 3.19. The predicted octanol–water partition coefficient (Wildman–Crippen LogP) is 2.89. The number of fused-ring (bicyclic) bond motifs is 1. The molecule has 0 radical (unpaired) electrons. The molecule has 0 saturated carbocycles. The molecule has 92 valence electrons. The van der Waals surface area contributed by atoms with Crippen LogP contribution in [0.4, 0.5) is 5.69 Å². The molecule has 18 heavy (non-hydrogen) atoms. The number of benzene rings is 1. The van der Waals surface area contributed by atoms with Crippen molar-refractivity contribution in [2.45, 2.75) is 19.3 Å². The molecular formula is C14H14N2OS. The maximum absolute atomic E-state index is 12.2. The third-order valence-corrected chi connectivity index (χ3v) is 4.20. The molecule has 0 spiro atoms. The highest BCUT2D eigenvalue weighted by atomic mass is 32.1. The van der Waals surface area contributed by atoms with Crippen molar-refractivity contribution in [3.05, 3.63) is 46.4 Å². The molecule has 0 bridgehead atoms. The summed E-state index contributed by atoms with van der Waals surface area (Å²) in [4.78, 5) is 17.8. The van der Waals surface area contributed by atoms with Crippen molar-refractivity contribution in [1.82, 2.24) is 4.98 Å². The zero-order valence-corrected chi connectivity index (χ0v) is 10.7. The van der Waals surface area contributed by atoms with Gasteiger partial charge in [0.25, 0.3) is 0 Å². The molecular weight excluding hydrogens is 244 g/mol. The van der Waals surface area contributed by atoms with E-state index in [1.807, 2.05) is 35.8 Å². The van der Waals surface area contributed by atoms with Crippen LogP contribution >= 0.6 is 11.3 Å². The van der Waals surface area contributed by atoms with Crippen LogP contribution in [-0.2, 0) is 17.6 Å². The third-order valence-electron chi connectivity index (χ3n) is 3.30. The van der Waals surface area contributed by atoms with Crippen molar-refractivity contribution in [3.63, 3.8) is 0 Å². The third kappa shape index (κ3) is 2.29. The zero-order valence-electron chi connectivity index (χ0n) is 9.93. The number of amides is 1. The van der Waals surface area contributed by atoms with E-state index in [1.165, 1.54) is 10.6 Å². The van der Waals surface area contributed by atoms with Gasteiger partial charge < -0.3 is 5.32 Å². The summed E-state index contributed by atoms with van der Waals surface area (Å²) >= 11 is 1.66. The zero-order chi connectivity index (χ0) is 12.4. The van der Waals surface area contributed by atoms with E-state index >= 15 is 0 Å². The smallest absolute Gasteiger partial charge is 0.227 e. The van der Waals surface area contributed by atoms with E-state index < -0.39 is 0 Å². The second kappa shape index (κ2) is 4.90. The maximum atomic E-state index is 12.2. The van der Waals surface area contributed by atoms with E-state index in [-0.39, 0.29) is 11.8 Å². The summed E-state index contributed by atoms with van der Waals surface area (Å²) in [7, 11) is 0. The number of carbonyl (C=O) groups is 1. The molecule has 0 saturated heterocycles. The van der Waals surface area contributed by atoms with Gasteiger partial charge in [0.2, 0.25) is 5.91 Å². The minimum Gasteiger partial charge on any atom is -0.326 e. The van der Waals surface area contributed by atoms with Crippen LogP contribution in [0.3, 0.4) is 0 Å². The minimum atomic E-state index is 0.0816. The highest BCUT2D eigenvalue weighted by molar-refractivity contribution is 7.09. The number of thiazole rings is 1. The first-order chi connectivity index (χ1) is 8.83. The second-order valence-corrected chi connectivity index (χ2v) is 5.46. The van der Waals surface area contributed by atoms with Gasteiger partial charge in [0.1, 0.15) is 0 Å². The number of hydrogen-bond acceptors (Lipinski definition) is 3. The van der Waals surface area contributed by atoms with Gasteiger partial charge in [0.05, 0.1) is 11.2 Å². The summed E-state index contributed by atoms with van der Waals surface area (Å²) in [5.74, 6) is 0.207. The number of nitrogens with one attached hydrogen (secondary N) is 1. The van der Waals surface area contributed by atoms with Gasteiger partial charge in [-0.2, -0.15) is 0 Å². The van der Waals surface area contributed by atoms with Gasteiger partial charge in [-0.1, -0.05) is 18.2 Å². The molecule has 0 aliphatic heterocycles. The van der Waals surface area contributed by atoms with E-state index in [0.717, 1.165) is 24.9 Å². The monoisotopic (exact) mass is 258 g/mol. The Morgan fingerprint density at radius 1 is 1.33 bits per heavy atom. The van der Waals surface area contributed by atoms with Gasteiger partial charge in [-0.15, -0.1) is 11.3 Å². The van der Waals surface area contributed by atoms with Gasteiger partial charge >= 0.3 is 0 Å². The Kier molecular flexibility index (Phi) is 3.11. The van der Waals surface area contributed by atoms with Gasteiger partial charge in [0, 0.05) is 16.5 Å². The Hall–Kier alpha value is -1.68. The Morgan fingerprint density at radius 3 is 3.00 bits per heavy atom. The van der Waals surface area contributed by atoms with Gasteiger partial charge in [-0.05, 0) is 31.4 Å². The molecule has 3 rings (SSSR count). The molecule has 4 heteroatoms. The average molecular weight is 258 g/mol. The van der Waals surface area contributed by atoms with E-state index in [4.69, 9.17) is 0 Å². The molecule has 1 aromatic carbocycles. The molecule has 2 aromatic rings. The predicted molar refractivity (Wildman–Crippen MR) is 72.7 cm³/mol. The first kappa shape index (κ1) is 11.4. The first-order valence-corrected chi connectivity index (χ1v) is 6.98. The lowest BCUT2D eigenvalue weighted by Crippen LogP contribution is -2.27. The number of para-hydroxylation sites is 1. The Bertz CT molecular complexity index is 550. The summed E-state index contributed by atoms with van der Waals surface area (Å²) in [5, 5.41) is 2.98. The first-order valence-electron chi connectivity index (χ1n) is 6.10. The van der Waals surface area contributed by atoms with Crippen molar-refractivity contribution >= 4 is 22.9 Å². The number of carbonyl (C=O) groups excluding carboxylic acids is 1. The SMILES string of the molecule is O=C(Nc1ccccc1)C1CCc2ncsc2C1. The van der Waals surface area contributed by atoms with E-state index in [0.29, 0.717) is 0 Å². The highest BCUT2D eigenvalue weighted by Gasteiger charge is 2.26. The molecule has 1 aromatic heterocycles. The molecule has 0 fully saturated rings. The van der Waals surface area contributed by atoms with Gasteiger partial charge in [0.15, 0.2) is 0 Å². The molecule has 1 amide bonds. The largest absolute Gasteiger partial charge is 0.326 e. The lowest BCUT2D eigenvalue weighted by atomic mass is 9.90. The molecule has 1 aliphatic rings. The van der Waals surface area contributed by atoms with Crippen molar-refractivity contribution in [2.24, 2.45) is 5.92 Å². The van der Waals surface area contributed by atoms with E-state index in [1.54, 1.807) is 11.3 Å². The van der Waals surface area contributed by atoms with Crippen LogP contribution in [0.2, 0.25) is 0 Å². The molecule has 1 heterocycles. The molecule has 3 nitrogen and oxygen atoms in total.